The molecule has 2 aliphatic heterocycles. The fourth-order valence-corrected chi connectivity index (χ4v) is 9.18. The Labute approximate surface area is 426 Å². The van der Waals surface area contributed by atoms with Gasteiger partial charge in [-0.05, 0) is 117 Å². The summed E-state index contributed by atoms with van der Waals surface area (Å²) in [4.78, 5) is 43.3. The summed E-state index contributed by atoms with van der Waals surface area (Å²) in [6, 6.07) is 38.3. The molecular formula is C51H60FN14NaO2. The summed E-state index contributed by atoms with van der Waals surface area (Å²) in [6.07, 6.45) is 4.62. The first-order chi connectivity index (χ1) is 33.7. The van der Waals surface area contributed by atoms with Gasteiger partial charge in [0, 0.05) is 79.7 Å². The maximum absolute atomic E-state index is 13.2. The summed E-state index contributed by atoms with van der Waals surface area (Å²) in [6.45, 7) is 13.1. The molecule has 2 saturated heterocycles. The van der Waals surface area contributed by atoms with E-state index >= 15 is 0 Å². The second-order valence-electron chi connectivity index (χ2n) is 17.0. The molecule has 2 amide bonds. The van der Waals surface area contributed by atoms with E-state index in [1.165, 1.54) is 16.0 Å². The van der Waals surface area contributed by atoms with Crippen molar-refractivity contribution >= 4 is 33.6 Å². The first-order valence-electron chi connectivity index (χ1n) is 23.7. The van der Waals surface area contributed by atoms with E-state index in [0.717, 1.165) is 105 Å². The van der Waals surface area contributed by atoms with Crippen molar-refractivity contribution in [2.45, 2.75) is 52.6 Å². The molecule has 4 aromatic carbocycles. The van der Waals surface area contributed by atoms with Crippen molar-refractivity contribution in [3.8, 4) is 17.5 Å². The number of aromatic amines is 3. The van der Waals surface area contributed by atoms with E-state index in [2.05, 4.69) is 72.4 Å². The number of likely N-dealkylation sites (tertiary alicyclic amines) is 2. The zero-order valence-electron chi connectivity index (χ0n) is 40.8. The molecule has 354 valence electrons. The normalized spacial score (nSPS) is 15.8. The van der Waals surface area contributed by atoms with E-state index < -0.39 is 7.15 Å². The maximum Gasteiger partial charge on any atom is 1.00 e. The number of fused-ring (bicyclic) bond motifs is 2. The molecule has 0 spiro atoms. The standard InChI is InChI=1S/C25H29N7O.C25H28N4O.CH3F.N3.Na/c1-2-32(25(33)23-14-21-7-3-4-8-22(21)26-23)17-19-6-5-13-31(16-19)15-18-9-11-20(12-10-18)24-27-29-30-28-24;1-2-29(25(30)24-14-22-7-3-4-8-23(22)27-24)18-21-6-5-13-28(17-21)16-20-11-9-19(15-26)10-12-20;1-2;1-3-2;/h3-4,7-12,14,19,26H,2,5-6,13,15-17H2,1H3,(H,27,28,29,30);3-4,7-12,14,21,27H,2,5-6,13,16-18H2,1H3;1H3;;/q;;;-1;+1/i;;1D;;. The van der Waals surface area contributed by atoms with Crippen molar-refractivity contribution in [3.63, 3.8) is 0 Å². The number of hydrogen-bond acceptors (Lipinski definition) is 8. The van der Waals surface area contributed by atoms with Crippen LogP contribution in [0, 0.1) is 23.2 Å². The van der Waals surface area contributed by atoms with Crippen LogP contribution < -0.4 is 29.6 Å². The van der Waals surface area contributed by atoms with Crippen molar-refractivity contribution in [2.24, 2.45) is 11.8 Å². The summed E-state index contributed by atoms with van der Waals surface area (Å²) in [7, 11) is -1.00. The molecule has 16 nitrogen and oxygen atoms in total. The second-order valence-corrected chi connectivity index (χ2v) is 17.0. The van der Waals surface area contributed by atoms with Crippen LogP contribution in [-0.2, 0) is 13.1 Å². The van der Waals surface area contributed by atoms with Gasteiger partial charge in [0.2, 0.25) is 5.82 Å². The molecular weight excluding hydrogens is 883 g/mol. The van der Waals surface area contributed by atoms with Crippen LogP contribution in [0.15, 0.2) is 109 Å². The second kappa shape index (κ2) is 27.6. The first kappa shape index (κ1) is 52.0. The number of alkyl halides is 1. The molecule has 9 rings (SSSR count). The summed E-state index contributed by atoms with van der Waals surface area (Å²) in [5.74, 6) is 1.73. The SMILES string of the molecule is CCN(CC1CCCN(Cc2ccc(-c3nn[nH]n3)cc2)C1)C(=O)c1cc2ccccc2[nH]1.CCN(CC1CCCN(Cc2ccc(C#N)cc2)C1)C(=O)c1cc2ccccc2[nH]1.[2H]CF.[N-]=[N+]=[N-].[Na+]. The van der Waals surface area contributed by atoms with Crippen LogP contribution in [0.5, 0.6) is 0 Å². The molecule has 0 radical (unpaired) electrons. The first-order valence-corrected chi connectivity index (χ1v) is 23.0. The molecule has 7 aromatic rings. The number of aromatic nitrogens is 6. The van der Waals surface area contributed by atoms with Crippen molar-refractivity contribution in [1.29, 1.82) is 5.26 Å². The van der Waals surface area contributed by atoms with Crippen molar-refractivity contribution in [1.82, 2.24) is 50.2 Å². The fourth-order valence-electron chi connectivity index (χ4n) is 9.18. The molecule has 2 fully saturated rings. The number of carbonyl (C=O) groups excluding carboxylic acids is 2. The molecule has 3 N–H and O–H groups in total. The molecule has 69 heavy (non-hydrogen) atoms. The number of para-hydroxylation sites is 2. The third kappa shape index (κ3) is 15.1. The largest absolute Gasteiger partial charge is 1.00 e. The Morgan fingerprint density at radius 1 is 0.783 bits per heavy atom. The van der Waals surface area contributed by atoms with Gasteiger partial charge in [-0.2, -0.15) is 10.5 Å². The predicted molar refractivity (Wildman–Crippen MR) is 264 cm³/mol. The minimum absolute atomic E-state index is 0. The number of hydrogen-bond donors (Lipinski definition) is 3. The zero-order valence-corrected chi connectivity index (χ0v) is 41.8. The molecule has 0 saturated carbocycles. The number of tetrazole rings is 1. The monoisotopic (exact) mass is 943 g/mol. The predicted octanol–water partition coefficient (Wildman–Crippen LogP) is 6.59. The van der Waals surface area contributed by atoms with E-state index in [1.807, 2.05) is 107 Å². The smallest absolute Gasteiger partial charge is 0.373 e. The van der Waals surface area contributed by atoms with E-state index in [0.29, 0.717) is 47.7 Å². The van der Waals surface area contributed by atoms with Gasteiger partial charge in [-0.25, -0.2) is 0 Å². The average molecular weight is 944 g/mol. The number of halogens is 1. The summed E-state index contributed by atoms with van der Waals surface area (Å²) < 4.78 is 15.5. The van der Waals surface area contributed by atoms with Gasteiger partial charge in [0.05, 0.1) is 20.2 Å². The summed E-state index contributed by atoms with van der Waals surface area (Å²) in [5.41, 5.74) is 21.0. The molecule has 5 heterocycles. The Kier molecular flexibility index (Phi) is 20.8. The zero-order chi connectivity index (χ0) is 49.0. The van der Waals surface area contributed by atoms with E-state index in [1.54, 1.807) is 0 Å². The molecule has 2 atom stereocenters. The Bertz CT molecular complexity index is 2690. The Morgan fingerprint density at radius 3 is 1.64 bits per heavy atom. The number of benzene rings is 4. The third-order valence-corrected chi connectivity index (χ3v) is 12.5. The van der Waals surface area contributed by atoms with Gasteiger partial charge in [-0.3, -0.25) is 28.7 Å². The molecule has 0 aliphatic carbocycles. The Hall–Kier alpha value is -6.38. The van der Waals surface area contributed by atoms with Gasteiger partial charge in [-0.1, -0.05) is 72.8 Å². The number of nitriles is 1. The molecule has 0 bridgehead atoms. The van der Waals surface area contributed by atoms with Crippen molar-refractivity contribution in [3.05, 3.63) is 153 Å². The van der Waals surface area contributed by atoms with Crippen molar-refractivity contribution < 1.29 is 44.9 Å². The summed E-state index contributed by atoms with van der Waals surface area (Å²) >= 11 is 0. The third-order valence-electron chi connectivity index (χ3n) is 12.5. The Morgan fingerprint density at radius 2 is 1.23 bits per heavy atom. The number of H-pyrrole nitrogens is 3. The number of carbonyl (C=O) groups is 2. The van der Waals surface area contributed by atoms with Gasteiger partial charge in [0.15, 0.2) is 0 Å². The van der Waals surface area contributed by atoms with Crippen LogP contribution >= 0.6 is 0 Å². The number of nitrogens with zero attached hydrogens (tertiary/aromatic N) is 11. The molecule has 2 aliphatic rings. The van der Waals surface area contributed by atoms with Crippen LogP contribution in [0.3, 0.4) is 0 Å². The van der Waals surface area contributed by atoms with Gasteiger partial charge < -0.3 is 30.8 Å². The molecule has 2 unspecified atom stereocenters. The Balaban J connectivity index is 0.000000232. The quantitative estimate of drug-likeness (QED) is 0.0495. The van der Waals surface area contributed by atoms with Gasteiger partial charge in [0.25, 0.3) is 11.8 Å². The number of piperidine rings is 2. The van der Waals surface area contributed by atoms with Crippen LogP contribution in [0.25, 0.3) is 49.2 Å². The molecule has 3 aromatic heterocycles. The molecule has 18 heteroatoms. The van der Waals surface area contributed by atoms with Crippen LogP contribution in [0.4, 0.5) is 4.39 Å². The minimum Gasteiger partial charge on any atom is -0.373 e. The maximum atomic E-state index is 13.2. The van der Waals surface area contributed by atoms with Gasteiger partial charge in [0.1, 0.15) is 11.4 Å². The van der Waals surface area contributed by atoms with Crippen LogP contribution in [0.1, 0.15) is 78.6 Å². The topological polar surface area (TPSA) is 216 Å². The van der Waals surface area contributed by atoms with E-state index in [4.69, 9.17) is 17.7 Å². The minimum atomic E-state index is -1.00. The van der Waals surface area contributed by atoms with E-state index in [-0.39, 0.29) is 41.4 Å². The fraction of sp³-hybridized carbons (Fsp3) is 0.373. The average Bonchev–Trinajstić information content (AvgIpc) is 4.17. The van der Waals surface area contributed by atoms with Crippen LogP contribution in [0.2, 0.25) is 0 Å². The van der Waals surface area contributed by atoms with Crippen LogP contribution in [-0.4, -0.2) is 122 Å². The van der Waals surface area contributed by atoms with E-state index in [9.17, 15) is 14.0 Å². The van der Waals surface area contributed by atoms with Gasteiger partial charge >= 0.3 is 29.6 Å². The van der Waals surface area contributed by atoms with Crippen molar-refractivity contribution in [2.75, 3.05) is 59.5 Å². The summed E-state index contributed by atoms with van der Waals surface area (Å²) in [5, 5.41) is 25.3. The number of rotatable bonds is 13. The number of amides is 2. The number of nitrogens with one attached hydrogen (secondary N) is 3. The van der Waals surface area contributed by atoms with Gasteiger partial charge in [-0.15, -0.1) is 10.2 Å².